The Kier molecular flexibility index (Phi) is 7.64. The smallest absolute Gasteiger partial charge is 0.307 e. The zero-order valence-electron chi connectivity index (χ0n) is 16.1. The number of hydroxylamine groups is 1. The molecule has 1 saturated heterocycles. The molecule has 28 heavy (non-hydrogen) atoms. The van der Waals surface area contributed by atoms with Crippen molar-refractivity contribution in [2.24, 2.45) is 5.92 Å². The van der Waals surface area contributed by atoms with Gasteiger partial charge in [0.25, 0.3) is 0 Å². The molecule has 1 unspecified atom stereocenters. The Labute approximate surface area is 166 Å². The van der Waals surface area contributed by atoms with Crippen LogP contribution in [0.4, 0.5) is 0 Å². The average molecular weight is 380 g/mol. The lowest BCUT2D eigenvalue weighted by molar-refractivity contribution is -0.143. The molecular weight excluding hydrogens is 352 g/mol. The van der Waals surface area contributed by atoms with Gasteiger partial charge in [0.1, 0.15) is 0 Å². The first-order valence-electron chi connectivity index (χ1n) is 9.83. The molecule has 0 spiro atoms. The summed E-state index contributed by atoms with van der Waals surface area (Å²) in [6.45, 7) is 2.77. The first-order chi connectivity index (χ1) is 13.7. The molecular formula is C23H28N2O3. The molecule has 2 aromatic rings. The third-order valence-electron chi connectivity index (χ3n) is 4.95. The molecule has 148 valence electrons. The van der Waals surface area contributed by atoms with Gasteiger partial charge in [0.15, 0.2) is 0 Å². The van der Waals surface area contributed by atoms with Crippen molar-refractivity contribution in [2.45, 2.75) is 19.3 Å². The molecule has 0 aromatic heterocycles. The summed E-state index contributed by atoms with van der Waals surface area (Å²) in [6.07, 6.45) is 4.54. The molecule has 1 heterocycles. The maximum Gasteiger partial charge on any atom is 0.307 e. The van der Waals surface area contributed by atoms with Crippen LogP contribution in [0.2, 0.25) is 0 Å². The Morgan fingerprint density at radius 1 is 1.14 bits per heavy atom. The van der Waals surface area contributed by atoms with Gasteiger partial charge in [0, 0.05) is 25.2 Å². The van der Waals surface area contributed by atoms with Crippen LogP contribution < -0.4 is 5.48 Å². The van der Waals surface area contributed by atoms with E-state index in [1.54, 1.807) is 0 Å². The number of carboxylic acids is 1. The van der Waals surface area contributed by atoms with E-state index < -0.39 is 5.97 Å². The number of benzene rings is 2. The second-order valence-electron chi connectivity index (χ2n) is 7.17. The zero-order chi connectivity index (χ0) is 19.6. The van der Waals surface area contributed by atoms with Crippen LogP contribution in [-0.2, 0) is 16.1 Å². The zero-order valence-corrected chi connectivity index (χ0v) is 16.1. The van der Waals surface area contributed by atoms with E-state index in [0.29, 0.717) is 13.2 Å². The third kappa shape index (κ3) is 6.51. The van der Waals surface area contributed by atoms with Crippen molar-refractivity contribution in [2.75, 3.05) is 26.2 Å². The summed E-state index contributed by atoms with van der Waals surface area (Å²) in [6, 6.07) is 20.4. The largest absolute Gasteiger partial charge is 0.481 e. The van der Waals surface area contributed by atoms with Gasteiger partial charge in [-0.2, -0.15) is 0 Å². The highest BCUT2D eigenvalue weighted by atomic mass is 16.6. The highest BCUT2D eigenvalue weighted by molar-refractivity contribution is 5.70. The van der Waals surface area contributed by atoms with E-state index in [1.807, 2.05) is 36.4 Å². The van der Waals surface area contributed by atoms with E-state index >= 15 is 0 Å². The van der Waals surface area contributed by atoms with Gasteiger partial charge in [0.2, 0.25) is 0 Å². The van der Waals surface area contributed by atoms with Gasteiger partial charge >= 0.3 is 5.97 Å². The SMILES string of the molecule is O=C(O)C1CCCN(CCONC(=Cc2ccccc2)Cc2ccccc2)C1. The van der Waals surface area contributed by atoms with E-state index in [1.165, 1.54) is 5.56 Å². The van der Waals surface area contributed by atoms with Crippen LogP contribution in [0, 0.1) is 5.92 Å². The molecule has 0 aliphatic carbocycles. The second-order valence-corrected chi connectivity index (χ2v) is 7.17. The molecule has 1 aliphatic heterocycles. The Bertz CT molecular complexity index is 762. The molecule has 1 fully saturated rings. The van der Waals surface area contributed by atoms with Crippen molar-refractivity contribution in [3.8, 4) is 0 Å². The van der Waals surface area contributed by atoms with Crippen LogP contribution in [0.25, 0.3) is 6.08 Å². The first-order valence-corrected chi connectivity index (χ1v) is 9.83. The monoisotopic (exact) mass is 380 g/mol. The van der Waals surface area contributed by atoms with Gasteiger partial charge < -0.3 is 10.0 Å². The number of nitrogens with zero attached hydrogens (tertiary/aromatic N) is 1. The number of aliphatic carboxylic acids is 1. The standard InChI is InChI=1S/C23H28N2O3/c26-23(27)21-12-7-13-25(18-21)14-15-28-24-22(16-19-8-3-1-4-9-19)17-20-10-5-2-6-11-20/h1-6,8-11,16,21,24H,7,12-15,17-18H2,(H,26,27). The predicted octanol–water partition coefficient (Wildman–Crippen LogP) is 3.59. The Morgan fingerprint density at radius 2 is 1.86 bits per heavy atom. The summed E-state index contributed by atoms with van der Waals surface area (Å²) in [5.41, 5.74) is 6.42. The fraction of sp³-hybridized carbons (Fsp3) is 0.348. The van der Waals surface area contributed by atoms with E-state index in [9.17, 15) is 9.90 Å². The van der Waals surface area contributed by atoms with Crippen molar-refractivity contribution in [1.29, 1.82) is 0 Å². The highest BCUT2D eigenvalue weighted by Gasteiger charge is 2.24. The van der Waals surface area contributed by atoms with Crippen molar-refractivity contribution < 1.29 is 14.7 Å². The quantitative estimate of drug-likeness (QED) is 0.514. The number of allylic oxidation sites excluding steroid dienone is 1. The lowest BCUT2D eigenvalue weighted by Gasteiger charge is -2.30. The molecule has 2 aromatic carbocycles. The van der Waals surface area contributed by atoms with Crippen LogP contribution in [0.1, 0.15) is 24.0 Å². The summed E-state index contributed by atoms with van der Waals surface area (Å²) in [7, 11) is 0. The summed E-state index contributed by atoms with van der Waals surface area (Å²) in [5.74, 6) is -0.951. The van der Waals surface area contributed by atoms with Crippen molar-refractivity contribution in [3.05, 3.63) is 77.5 Å². The number of hydrogen-bond donors (Lipinski definition) is 2. The number of likely N-dealkylation sites (tertiary alicyclic amines) is 1. The van der Waals surface area contributed by atoms with Crippen molar-refractivity contribution in [1.82, 2.24) is 10.4 Å². The minimum Gasteiger partial charge on any atom is -0.481 e. The molecule has 0 bridgehead atoms. The number of nitrogens with one attached hydrogen (secondary N) is 1. The minimum atomic E-state index is -0.695. The summed E-state index contributed by atoms with van der Waals surface area (Å²) < 4.78 is 0. The molecule has 2 N–H and O–H groups in total. The number of hydrogen-bond acceptors (Lipinski definition) is 4. The molecule has 1 aliphatic rings. The second kappa shape index (κ2) is 10.6. The number of carbonyl (C=O) groups is 1. The van der Waals surface area contributed by atoms with E-state index in [4.69, 9.17) is 4.84 Å². The molecule has 0 saturated carbocycles. The minimum absolute atomic E-state index is 0.256. The highest BCUT2D eigenvalue weighted by Crippen LogP contribution is 2.16. The van der Waals surface area contributed by atoms with Gasteiger partial charge in [-0.05, 0) is 36.6 Å². The van der Waals surface area contributed by atoms with E-state index in [0.717, 1.165) is 43.6 Å². The number of rotatable bonds is 9. The molecule has 3 rings (SSSR count). The molecule has 0 amide bonds. The van der Waals surface area contributed by atoms with Crippen molar-refractivity contribution in [3.63, 3.8) is 0 Å². The predicted molar refractivity (Wildman–Crippen MR) is 110 cm³/mol. The lowest BCUT2D eigenvalue weighted by Crippen LogP contribution is -2.40. The number of carboxylic acid groups (broad SMARTS) is 1. The van der Waals surface area contributed by atoms with E-state index in [2.05, 4.69) is 40.7 Å². The van der Waals surface area contributed by atoms with E-state index in [-0.39, 0.29) is 5.92 Å². The maximum atomic E-state index is 11.2. The maximum absolute atomic E-state index is 11.2. The van der Waals surface area contributed by atoms with Gasteiger partial charge in [0.05, 0.1) is 12.5 Å². The van der Waals surface area contributed by atoms with Crippen LogP contribution in [0.15, 0.2) is 66.4 Å². The summed E-state index contributed by atoms with van der Waals surface area (Å²) >= 11 is 0. The molecule has 0 radical (unpaired) electrons. The van der Waals surface area contributed by atoms with Gasteiger partial charge in [-0.3, -0.25) is 15.1 Å². The summed E-state index contributed by atoms with van der Waals surface area (Å²) in [5, 5.41) is 9.20. The Balaban J connectivity index is 1.53. The van der Waals surface area contributed by atoms with Crippen LogP contribution in [-0.4, -0.2) is 42.2 Å². The summed E-state index contributed by atoms with van der Waals surface area (Å²) in [4.78, 5) is 19.1. The molecule has 1 atom stereocenters. The average Bonchev–Trinajstić information content (AvgIpc) is 2.73. The molecule has 5 nitrogen and oxygen atoms in total. The fourth-order valence-corrected chi connectivity index (χ4v) is 3.46. The number of piperidine rings is 1. The molecule has 5 heteroatoms. The fourth-order valence-electron chi connectivity index (χ4n) is 3.46. The van der Waals surface area contributed by atoms with Crippen LogP contribution in [0.5, 0.6) is 0 Å². The Hall–Kier alpha value is -2.63. The van der Waals surface area contributed by atoms with Gasteiger partial charge in [-0.1, -0.05) is 60.7 Å². The Morgan fingerprint density at radius 3 is 2.57 bits per heavy atom. The van der Waals surface area contributed by atoms with Crippen molar-refractivity contribution >= 4 is 12.0 Å². The van der Waals surface area contributed by atoms with Gasteiger partial charge in [-0.25, -0.2) is 0 Å². The first kappa shape index (κ1) is 20.1. The van der Waals surface area contributed by atoms with Crippen LogP contribution >= 0.6 is 0 Å². The lowest BCUT2D eigenvalue weighted by atomic mass is 9.98. The topological polar surface area (TPSA) is 61.8 Å². The third-order valence-corrected chi connectivity index (χ3v) is 4.95. The normalized spacial score (nSPS) is 18.0. The van der Waals surface area contributed by atoms with Gasteiger partial charge in [-0.15, -0.1) is 0 Å². The van der Waals surface area contributed by atoms with Crippen LogP contribution in [0.3, 0.4) is 0 Å².